The van der Waals surface area contributed by atoms with Gasteiger partial charge in [0.2, 0.25) is 0 Å². The van der Waals surface area contributed by atoms with E-state index in [1.165, 1.54) is 27.1 Å². The van der Waals surface area contributed by atoms with Gasteiger partial charge in [0.15, 0.2) is 0 Å². The van der Waals surface area contributed by atoms with Crippen LogP contribution in [0.4, 0.5) is 0 Å². The molecule has 1 aromatic heterocycles. The third kappa shape index (κ3) is 2.17. The molecule has 1 heterocycles. The first kappa shape index (κ1) is 11.0. The Labute approximate surface area is 103 Å². The van der Waals surface area contributed by atoms with Crippen LogP contribution in [0.25, 0.3) is 0 Å². The molecule has 0 saturated heterocycles. The first-order chi connectivity index (χ1) is 6.59. The van der Waals surface area contributed by atoms with Crippen molar-refractivity contribution in [2.24, 2.45) is 11.8 Å². The number of aryl methyl sites for hydroxylation is 1. The molecule has 0 aromatic carbocycles. The van der Waals surface area contributed by atoms with E-state index in [-0.39, 0.29) is 5.38 Å². The van der Waals surface area contributed by atoms with Gasteiger partial charge < -0.3 is 0 Å². The summed E-state index contributed by atoms with van der Waals surface area (Å²) in [6.45, 7) is 4.40. The van der Waals surface area contributed by atoms with Gasteiger partial charge >= 0.3 is 0 Å². The molecule has 1 aliphatic carbocycles. The van der Waals surface area contributed by atoms with E-state index in [4.69, 9.17) is 11.6 Å². The lowest BCUT2D eigenvalue weighted by atomic mass is 10.0. The molecule has 1 saturated carbocycles. The number of rotatable bonds is 3. The Morgan fingerprint density at radius 2 is 2.21 bits per heavy atom. The number of alkyl halides is 1. The van der Waals surface area contributed by atoms with E-state index in [0.717, 1.165) is 5.92 Å². The van der Waals surface area contributed by atoms with Crippen LogP contribution in [0.15, 0.2) is 10.5 Å². The molecular formula is C11H14BrClS. The third-order valence-corrected chi connectivity index (χ3v) is 5.96. The highest BCUT2D eigenvalue weighted by Crippen LogP contribution is 2.47. The minimum atomic E-state index is 0.206. The molecular weight excluding hydrogens is 280 g/mol. The van der Waals surface area contributed by atoms with Gasteiger partial charge in [-0.05, 0) is 53.6 Å². The molecule has 0 nitrogen and oxygen atoms in total. The highest BCUT2D eigenvalue weighted by molar-refractivity contribution is 9.10. The number of thiophene rings is 1. The van der Waals surface area contributed by atoms with E-state index in [9.17, 15) is 0 Å². The van der Waals surface area contributed by atoms with E-state index < -0.39 is 0 Å². The smallest absolute Gasteiger partial charge is 0.0707 e. The highest BCUT2D eigenvalue weighted by atomic mass is 79.9. The van der Waals surface area contributed by atoms with E-state index in [1.807, 2.05) is 11.3 Å². The van der Waals surface area contributed by atoms with Gasteiger partial charge in [0.05, 0.1) is 5.38 Å². The van der Waals surface area contributed by atoms with Crippen LogP contribution in [0.3, 0.4) is 0 Å². The fourth-order valence-corrected chi connectivity index (χ4v) is 3.79. The number of halogens is 2. The molecule has 0 spiro atoms. The monoisotopic (exact) mass is 292 g/mol. The van der Waals surface area contributed by atoms with Crippen molar-refractivity contribution in [1.29, 1.82) is 0 Å². The Bertz CT molecular complexity index is 311. The van der Waals surface area contributed by atoms with Gasteiger partial charge in [-0.25, -0.2) is 0 Å². The van der Waals surface area contributed by atoms with Crippen molar-refractivity contribution < 1.29 is 0 Å². The third-order valence-electron chi connectivity index (χ3n) is 2.98. The number of hydrogen-bond acceptors (Lipinski definition) is 1. The first-order valence-corrected chi connectivity index (χ1v) is 7.04. The van der Waals surface area contributed by atoms with Crippen molar-refractivity contribution >= 4 is 38.9 Å². The number of hydrogen-bond donors (Lipinski definition) is 0. The van der Waals surface area contributed by atoms with Crippen molar-refractivity contribution in [2.75, 3.05) is 0 Å². The summed E-state index contributed by atoms with van der Waals surface area (Å²) in [5, 5.41) is 0.206. The summed E-state index contributed by atoms with van der Waals surface area (Å²) < 4.78 is 1.20. The molecule has 0 radical (unpaired) electrons. The lowest BCUT2D eigenvalue weighted by molar-refractivity contribution is 0.495. The summed E-state index contributed by atoms with van der Waals surface area (Å²) in [7, 11) is 0. The Morgan fingerprint density at radius 1 is 1.57 bits per heavy atom. The average Bonchev–Trinajstić information content (AvgIpc) is 2.93. The van der Waals surface area contributed by atoms with Crippen LogP contribution in [-0.4, -0.2) is 0 Å². The Hall–Kier alpha value is 0.470. The lowest BCUT2D eigenvalue weighted by Gasteiger charge is -2.15. The van der Waals surface area contributed by atoms with Gasteiger partial charge in [0, 0.05) is 14.2 Å². The summed E-state index contributed by atoms with van der Waals surface area (Å²) in [5.41, 5.74) is 0. The predicted octanol–water partition coefficient (Wildman–Crippen LogP) is 5.15. The second-order valence-corrected chi connectivity index (χ2v) is 6.76. The van der Waals surface area contributed by atoms with Crippen LogP contribution < -0.4 is 0 Å². The summed E-state index contributed by atoms with van der Waals surface area (Å²) in [6.07, 6.45) is 2.74. The van der Waals surface area contributed by atoms with Crippen molar-refractivity contribution in [2.45, 2.75) is 32.1 Å². The topological polar surface area (TPSA) is 0 Å². The molecule has 0 N–H and O–H groups in total. The normalized spacial score (nSPS) is 20.9. The fraction of sp³-hybridized carbons (Fsp3) is 0.636. The second-order valence-electron chi connectivity index (χ2n) is 4.15. The van der Waals surface area contributed by atoms with Crippen LogP contribution >= 0.6 is 38.9 Å². The summed E-state index contributed by atoms with van der Waals surface area (Å²) in [5.74, 6) is 1.50. The molecule has 2 atom stereocenters. The van der Waals surface area contributed by atoms with E-state index in [1.54, 1.807) is 0 Å². The maximum atomic E-state index is 6.47. The molecule has 0 amide bonds. The van der Waals surface area contributed by atoms with Crippen LogP contribution in [-0.2, 0) is 0 Å². The molecule has 2 rings (SSSR count). The minimum absolute atomic E-state index is 0.206. The van der Waals surface area contributed by atoms with Gasteiger partial charge in [-0.15, -0.1) is 22.9 Å². The molecule has 1 fully saturated rings. The second kappa shape index (κ2) is 4.15. The van der Waals surface area contributed by atoms with Gasteiger partial charge in [-0.3, -0.25) is 0 Å². The van der Waals surface area contributed by atoms with Gasteiger partial charge in [-0.1, -0.05) is 6.92 Å². The lowest BCUT2D eigenvalue weighted by Crippen LogP contribution is -2.04. The van der Waals surface area contributed by atoms with E-state index >= 15 is 0 Å². The zero-order chi connectivity index (χ0) is 10.3. The molecule has 1 aromatic rings. The van der Waals surface area contributed by atoms with E-state index in [0.29, 0.717) is 5.92 Å². The van der Waals surface area contributed by atoms with Gasteiger partial charge in [0.25, 0.3) is 0 Å². The van der Waals surface area contributed by atoms with Gasteiger partial charge in [-0.2, -0.15) is 0 Å². The van der Waals surface area contributed by atoms with Crippen LogP contribution in [0, 0.1) is 18.8 Å². The zero-order valence-electron chi connectivity index (χ0n) is 8.39. The molecule has 2 unspecified atom stereocenters. The SMILES string of the molecule is Cc1sc(C(Cl)C(C)C2CC2)cc1Br. The average molecular weight is 294 g/mol. The fourth-order valence-electron chi connectivity index (χ4n) is 1.74. The van der Waals surface area contributed by atoms with Crippen LogP contribution in [0.5, 0.6) is 0 Å². The van der Waals surface area contributed by atoms with Crippen molar-refractivity contribution in [3.8, 4) is 0 Å². The molecule has 1 aliphatic rings. The zero-order valence-corrected chi connectivity index (χ0v) is 11.5. The summed E-state index contributed by atoms with van der Waals surface area (Å²) >= 11 is 11.8. The quantitative estimate of drug-likeness (QED) is 0.677. The Kier molecular flexibility index (Phi) is 3.25. The van der Waals surface area contributed by atoms with Gasteiger partial charge in [0.1, 0.15) is 0 Å². The highest BCUT2D eigenvalue weighted by Gasteiger charge is 2.33. The van der Waals surface area contributed by atoms with Crippen LogP contribution in [0.2, 0.25) is 0 Å². The first-order valence-electron chi connectivity index (χ1n) is 4.99. The molecule has 78 valence electrons. The van der Waals surface area contributed by atoms with Crippen molar-refractivity contribution in [1.82, 2.24) is 0 Å². The molecule has 0 aliphatic heterocycles. The predicted molar refractivity (Wildman–Crippen MR) is 67.2 cm³/mol. The Balaban J connectivity index is 2.13. The standard InChI is InChI=1S/C11H14BrClS/c1-6(8-3-4-8)11(13)10-5-9(12)7(2)14-10/h5-6,8,11H,3-4H2,1-2H3. The van der Waals surface area contributed by atoms with Crippen LogP contribution in [0.1, 0.15) is 34.9 Å². The maximum absolute atomic E-state index is 6.47. The summed E-state index contributed by atoms with van der Waals surface area (Å²) in [4.78, 5) is 2.64. The van der Waals surface area contributed by atoms with E-state index in [2.05, 4.69) is 35.8 Å². The molecule has 3 heteroatoms. The van der Waals surface area contributed by atoms with Crippen molar-refractivity contribution in [3.63, 3.8) is 0 Å². The maximum Gasteiger partial charge on any atom is 0.0707 e. The molecule has 14 heavy (non-hydrogen) atoms. The minimum Gasteiger partial charge on any atom is -0.143 e. The largest absolute Gasteiger partial charge is 0.143 e. The molecule has 0 bridgehead atoms. The van der Waals surface area contributed by atoms with Crippen molar-refractivity contribution in [3.05, 3.63) is 20.3 Å². The summed E-state index contributed by atoms with van der Waals surface area (Å²) in [6, 6.07) is 2.18. The Morgan fingerprint density at radius 3 is 2.64 bits per heavy atom.